The molecule has 0 amide bonds. The first-order chi connectivity index (χ1) is 12.3. The van der Waals surface area contributed by atoms with E-state index >= 15 is 0 Å². The van der Waals surface area contributed by atoms with E-state index in [9.17, 15) is 4.79 Å². The number of benzene rings is 2. The summed E-state index contributed by atoms with van der Waals surface area (Å²) in [4.78, 5) is 17.5. The van der Waals surface area contributed by atoms with Crippen LogP contribution in [0.1, 0.15) is 28.4 Å². The Morgan fingerprint density at radius 3 is 2.60 bits per heavy atom. The molecule has 124 valence electrons. The zero-order chi connectivity index (χ0) is 17.2. The number of aromatic nitrogens is 1. The Morgan fingerprint density at radius 2 is 1.80 bits per heavy atom. The van der Waals surface area contributed by atoms with E-state index in [4.69, 9.17) is 9.72 Å². The van der Waals surface area contributed by atoms with Crippen LogP contribution in [0.4, 0.5) is 0 Å². The summed E-state index contributed by atoms with van der Waals surface area (Å²) in [6, 6.07) is 20.1. The Hall–Kier alpha value is -2.94. The van der Waals surface area contributed by atoms with E-state index in [1.807, 2.05) is 49.4 Å². The van der Waals surface area contributed by atoms with Gasteiger partial charge in [0.15, 0.2) is 0 Å². The molecule has 25 heavy (non-hydrogen) atoms. The van der Waals surface area contributed by atoms with Crippen molar-refractivity contribution in [2.45, 2.75) is 19.8 Å². The third-order valence-electron chi connectivity index (χ3n) is 4.61. The van der Waals surface area contributed by atoms with Crippen molar-refractivity contribution < 1.29 is 9.53 Å². The summed E-state index contributed by atoms with van der Waals surface area (Å²) in [5.74, 6) is -0.266. The highest BCUT2D eigenvalue weighted by molar-refractivity contribution is 5.95. The van der Waals surface area contributed by atoms with Gasteiger partial charge in [0.2, 0.25) is 0 Å². The molecule has 0 radical (unpaired) electrons. The molecule has 0 N–H and O–H groups in total. The van der Waals surface area contributed by atoms with Crippen molar-refractivity contribution >= 4 is 5.97 Å². The number of carbonyl (C=O) groups is 1. The van der Waals surface area contributed by atoms with E-state index in [0.29, 0.717) is 12.2 Å². The number of nitrogens with zero attached hydrogens (tertiary/aromatic N) is 1. The summed E-state index contributed by atoms with van der Waals surface area (Å²) in [5.41, 5.74) is 6.75. The number of ether oxygens (including phenoxy) is 1. The Balaban J connectivity index is 1.95. The van der Waals surface area contributed by atoms with Crippen LogP contribution >= 0.6 is 0 Å². The number of esters is 1. The second kappa shape index (κ2) is 6.52. The summed E-state index contributed by atoms with van der Waals surface area (Å²) in [5, 5.41) is 0. The first-order valence-corrected chi connectivity index (χ1v) is 8.62. The molecule has 4 rings (SSSR count). The molecule has 0 bridgehead atoms. The number of pyridine rings is 1. The maximum atomic E-state index is 12.6. The van der Waals surface area contributed by atoms with Crippen molar-refractivity contribution in [1.29, 1.82) is 0 Å². The molecular formula is C22H19NO2. The number of rotatable bonds is 3. The molecular weight excluding hydrogens is 310 g/mol. The summed E-state index contributed by atoms with van der Waals surface area (Å²) in [6.45, 7) is 2.20. The van der Waals surface area contributed by atoms with Crippen molar-refractivity contribution in [3.63, 3.8) is 0 Å². The third-order valence-corrected chi connectivity index (χ3v) is 4.61. The van der Waals surface area contributed by atoms with Gasteiger partial charge in [0.1, 0.15) is 0 Å². The lowest BCUT2D eigenvalue weighted by molar-refractivity contribution is 0.0525. The number of carbonyl (C=O) groups excluding carboxylic acids is 1. The first kappa shape index (κ1) is 15.6. The predicted molar refractivity (Wildman–Crippen MR) is 98.5 cm³/mol. The zero-order valence-corrected chi connectivity index (χ0v) is 14.2. The first-order valence-electron chi connectivity index (χ1n) is 8.62. The second-order valence-corrected chi connectivity index (χ2v) is 6.13. The predicted octanol–water partition coefficient (Wildman–Crippen LogP) is 4.69. The Bertz CT molecular complexity index is 932. The summed E-state index contributed by atoms with van der Waals surface area (Å²) < 4.78 is 5.31. The maximum Gasteiger partial charge on any atom is 0.338 e. The second-order valence-electron chi connectivity index (χ2n) is 6.13. The molecule has 0 saturated heterocycles. The Morgan fingerprint density at radius 1 is 1.04 bits per heavy atom. The topological polar surface area (TPSA) is 39.2 Å². The van der Waals surface area contributed by atoms with Crippen molar-refractivity contribution in [3.05, 3.63) is 77.4 Å². The number of aryl methyl sites for hydroxylation is 1. The van der Waals surface area contributed by atoms with Crippen LogP contribution in [0.3, 0.4) is 0 Å². The quantitative estimate of drug-likeness (QED) is 0.654. The largest absolute Gasteiger partial charge is 0.462 e. The van der Waals surface area contributed by atoms with Crippen molar-refractivity contribution in [3.8, 4) is 22.5 Å². The van der Waals surface area contributed by atoms with E-state index in [-0.39, 0.29) is 5.97 Å². The molecule has 3 heteroatoms. The van der Waals surface area contributed by atoms with Gasteiger partial charge in [0, 0.05) is 11.1 Å². The molecule has 3 aromatic rings. The molecule has 1 aliphatic carbocycles. The standard InChI is InChI=1S/C22H19NO2/c1-2-25-22(24)19-14-20(16-9-4-3-5-10-16)23-21-17-11-7-6-8-15(17)12-13-18(19)21/h3-11,14H,2,12-13H2,1H3. The van der Waals surface area contributed by atoms with Crippen molar-refractivity contribution in [1.82, 2.24) is 4.98 Å². The van der Waals surface area contributed by atoms with Crippen LogP contribution in [0, 0.1) is 0 Å². The monoisotopic (exact) mass is 329 g/mol. The normalized spacial score (nSPS) is 12.2. The van der Waals surface area contributed by atoms with Crippen molar-refractivity contribution in [2.24, 2.45) is 0 Å². The average molecular weight is 329 g/mol. The lowest BCUT2D eigenvalue weighted by Gasteiger charge is -2.22. The molecule has 0 unspecified atom stereocenters. The fourth-order valence-electron chi connectivity index (χ4n) is 3.42. The van der Waals surface area contributed by atoms with Gasteiger partial charge in [0.25, 0.3) is 0 Å². The van der Waals surface area contributed by atoms with E-state index in [1.165, 1.54) is 5.56 Å². The summed E-state index contributed by atoms with van der Waals surface area (Å²) >= 11 is 0. The van der Waals surface area contributed by atoms with E-state index < -0.39 is 0 Å². The Labute approximate surface area is 147 Å². The van der Waals surface area contributed by atoms with E-state index in [0.717, 1.165) is 40.9 Å². The molecule has 0 fully saturated rings. The molecule has 1 aromatic heterocycles. The molecule has 0 saturated carbocycles. The lowest BCUT2D eigenvalue weighted by atomic mass is 9.86. The van der Waals surface area contributed by atoms with Gasteiger partial charge in [-0.05, 0) is 37.0 Å². The summed E-state index contributed by atoms with van der Waals surface area (Å²) in [6.07, 6.45) is 1.73. The minimum atomic E-state index is -0.266. The molecule has 0 atom stereocenters. The smallest absolute Gasteiger partial charge is 0.338 e. The average Bonchev–Trinajstić information content (AvgIpc) is 2.68. The minimum absolute atomic E-state index is 0.266. The van der Waals surface area contributed by atoms with Crippen LogP contribution in [0.2, 0.25) is 0 Å². The number of hydrogen-bond acceptors (Lipinski definition) is 3. The van der Waals surface area contributed by atoms with Gasteiger partial charge >= 0.3 is 5.97 Å². The van der Waals surface area contributed by atoms with Crippen LogP contribution in [-0.4, -0.2) is 17.6 Å². The number of hydrogen-bond donors (Lipinski definition) is 0. The summed E-state index contributed by atoms with van der Waals surface area (Å²) in [7, 11) is 0. The van der Waals surface area contributed by atoms with E-state index in [1.54, 1.807) is 0 Å². The van der Waals surface area contributed by atoms with Gasteiger partial charge in [-0.3, -0.25) is 0 Å². The SMILES string of the molecule is CCOC(=O)c1cc(-c2ccccc2)nc2c1CCc1ccccc1-2. The van der Waals surface area contributed by atoms with Crippen LogP contribution in [0.15, 0.2) is 60.7 Å². The highest BCUT2D eigenvalue weighted by Crippen LogP contribution is 2.36. The molecule has 2 aromatic carbocycles. The molecule has 1 heterocycles. The van der Waals surface area contributed by atoms with Gasteiger partial charge in [-0.1, -0.05) is 54.6 Å². The molecule has 0 aliphatic heterocycles. The third kappa shape index (κ3) is 2.82. The van der Waals surface area contributed by atoms with Crippen LogP contribution in [-0.2, 0) is 17.6 Å². The highest BCUT2D eigenvalue weighted by atomic mass is 16.5. The lowest BCUT2D eigenvalue weighted by Crippen LogP contribution is -2.15. The van der Waals surface area contributed by atoms with Crippen LogP contribution in [0.25, 0.3) is 22.5 Å². The molecule has 3 nitrogen and oxygen atoms in total. The Kier molecular flexibility index (Phi) is 4.06. The van der Waals surface area contributed by atoms with Gasteiger partial charge in [-0.2, -0.15) is 0 Å². The van der Waals surface area contributed by atoms with Gasteiger partial charge in [0.05, 0.1) is 23.6 Å². The van der Waals surface area contributed by atoms with Gasteiger partial charge < -0.3 is 4.74 Å². The van der Waals surface area contributed by atoms with Crippen molar-refractivity contribution in [2.75, 3.05) is 6.61 Å². The van der Waals surface area contributed by atoms with Gasteiger partial charge in [-0.15, -0.1) is 0 Å². The van der Waals surface area contributed by atoms with Crippen LogP contribution in [0.5, 0.6) is 0 Å². The number of fused-ring (bicyclic) bond motifs is 3. The van der Waals surface area contributed by atoms with Crippen LogP contribution < -0.4 is 0 Å². The maximum absolute atomic E-state index is 12.6. The highest BCUT2D eigenvalue weighted by Gasteiger charge is 2.25. The minimum Gasteiger partial charge on any atom is -0.462 e. The zero-order valence-electron chi connectivity index (χ0n) is 14.2. The van der Waals surface area contributed by atoms with E-state index in [2.05, 4.69) is 18.2 Å². The van der Waals surface area contributed by atoms with Gasteiger partial charge in [-0.25, -0.2) is 9.78 Å². The molecule has 1 aliphatic rings. The fourth-order valence-corrected chi connectivity index (χ4v) is 3.42. The fraction of sp³-hybridized carbons (Fsp3) is 0.182. The molecule has 0 spiro atoms.